The molecule has 2 N–H and O–H groups in total. The van der Waals surface area contributed by atoms with Gasteiger partial charge >= 0.3 is 0 Å². The summed E-state index contributed by atoms with van der Waals surface area (Å²) in [5, 5.41) is 3.88. The number of anilines is 1. The van der Waals surface area contributed by atoms with Crippen LogP contribution in [0.25, 0.3) is 22.3 Å². The minimum absolute atomic E-state index is 0.0208. The molecule has 0 saturated carbocycles. The molecule has 29 heavy (non-hydrogen) atoms. The lowest BCUT2D eigenvalue weighted by Crippen LogP contribution is -2.06. The molecule has 2 aromatic carbocycles. The standard InChI is InChI=1S/C19H15F2N5O2S/c1-29(27,28)19-23-16(12-8-5-9-13(20)15(12)21)14-17(22)26(25-18(14)24-19)10-11-6-3-2-4-7-11/h2-9H,10,22H2,1H3. The van der Waals surface area contributed by atoms with Crippen LogP contribution in [0.5, 0.6) is 0 Å². The van der Waals surface area contributed by atoms with E-state index < -0.39 is 26.6 Å². The Labute approximate surface area is 164 Å². The van der Waals surface area contributed by atoms with E-state index in [4.69, 9.17) is 5.73 Å². The number of hydrogen-bond donors (Lipinski definition) is 1. The zero-order valence-electron chi connectivity index (χ0n) is 15.2. The number of nitrogens with two attached hydrogens (primary N) is 1. The fourth-order valence-electron chi connectivity index (χ4n) is 2.96. The van der Waals surface area contributed by atoms with Gasteiger partial charge in [0.15, 0.2) is 17.3 Å². The Morgan fingerprint density at radius 2 is 1.76 bits per heavy atom. The number of nitrogen functional groups attached to an aromatic ring is 1. The molecule has 0 saturated heterocycles. The summed E-state index contributed by atoms with van der Waals surface area (Å²) in [6.45, 7) is 0.280. The molecule has 0 aliphatic heterocycles. The highest BCUT2D eigenvalue weighted by Gasteiger charge is 2.24. The molecule has 148 valence electrons. The summed E-state index contributed by atoms with van der Waals surface area (Å²) >= 11 is 0. The normalized spacial score (nSPS) is 11.8. The average molecular weight is 415 g/mol. The second kappa shape index (κ2) is 6.89. The molecule has 10 heteroatoms. The summed E-state index contributed by atoms with van der Waals surface area (Å²) in [6.07, 6.45) is 0.921. The second-order valence-electron chi connectivity index (χ2n) is 6.46. The van der Waals surface area contributed by atoms with Crippen molar-refractivity contribution < 1.29 is 17.2 Å². The van der Waals surface area contributed by atoms with Crippen LogP contribution >= 0.6 is 0 Å². The van der Waals surface area contributed by atoms with Crippen LogP contribution in [0.15, 0.2) is 53.7 Å². The third-order valence-electron chi connectivity index (χ3n) is 4.33. The first-order valence-corrected chi connectivity index (χ1v) is 10.4. The van der Waals surface area contributed by atoms with E-state index in [1.165, 1.54) is 16.8 Å². The van der Waals surface area contributed by atoms with Gasteiger partial charge in [0.2, 0.25) is 15.0 Å². The molecule has 0 bridgehead atoms. The Bertz CT molecular complexity index is 1340. The molecule has 2 aromatic heterocycles. The Morgan fingerprint density at radius 1 is 1.03 bits per heavy atom. The number of hydrogen-bond acceptors (Lipinski definition) is 6. The smallest absolute Gasteiger partial charge is 0.249 e. The third-order valence-corrected chi connectivity index (χ3v) is 5.18. The lowest BCUT2D eigenvalue weighted by Gasteiger charge is -2.07. The summed E-state index contributed by atoms with van der Waals surface area (Å²) < 4.78 is 53.8. The quantitative estimate of drug-likeness (QED) is 0.514. The van der Waals surface area contributed by atoms with Crippen LogP contribution in [-0.2, 0) is 16.4 Å². The third kappa shape index (κ3) is 3.42. The van der Waals surface area contributed by atoms with Crippen molar-refractivity contribution in [2.24, 2.45) is 0 Å². The minimum atomic E-state index is -3.84. The first-order chi connectivity index (χ1) is 13.8. The van der Waals surface area contributed by atoms with E-state index in [9.17, 15) is 17.2 Å². The molecule has 2 heterocycles. The maximum atomic E-state index is 14.5. The van der Waals surface area contributed by atoms with Crippen LogP contribution in [0.3, 0.4) is 0 Å². The van der Waals surface area contributed by atoms with Crippen LogP contribution < -0.4 is 5.73 Å². The van der Waals surface area contributed by atoms with Gasteiger partial charge < -0.3 is 5.73 Å². The minimum Gasteiger partial charge on any atom is -0.383 e. The fraction of sp³-hybridized carbons (Fsp3) is 0.105. The maximum absolute atomic E-state index is 14.5. The van der Waals surface area contributed by atoms with E-state index >= 15 is 0 Å². The number of benzene rings is 2. The van der Waals surface area contributed by atoms with E-state index in [1.54, 1.807) is 0 Å². The molecule has 4 rings (SSSR count). The molecule has 0 unspecified atom stereocenters. The molecule has 0 aliphatic rings. The molecule has 0 atom stereocenters. The number of fused-ring (bicyclic) bond motifs is 1. The maximum Gasteiger partial charge on any atom is 0.249 e. The van der Waals surface area contributed by atoms with Crippen molar-refractivity contribution in [3.05, 3.63) is 65.7 Å². The van der Waals surface area contributed by atoms with E-state index in [2.05, 4.69) is 15.1 Å². The van der Waals surface area contributed by atoms with E-state index in [1.807, 2.05) is 30.3 Å². The van der Waals surface area contributed by atoms with Crippen LogP contribution in [0.1, 0.15) is 5.56 Å². The van der Waals surface area contributed by atoms with Crippen molar-refractivity contribution in [2.75, 3.05) is 12.0 Å². The van der Waals surface area contributed by atoms with Gasteiger partial charge in [0.1, 0.15) is 5.82 Å². The molecule has 0 fully saturated rings. The molecule has 7 nitrogen and oxygen atoms in total. The molecular formula is C19H15F2N5O2S. The van der Waals surface area contributed by atoms with Crippen molar-refractivity contribution in [1.29, 1.82) is 0 Å². The number of nitrogens with zero attached hydrogens (tertiary/aromatic N) is 4. The number of halogens is 2. The first kappa shape index (κ1) is 18.9. The van der Waals surface area contributed by atoms with Gasteiger partial charge in [0, 0.05) is 11.8 Å². The van der Waals surface area contributed by atoms with Gasteiger partial charge in [-0.2, -0.15) is 4.98 Å². The monoisotopic (exact) mass is 415 g/mol. The van der Waals surface area contributed by atoms with Crippen molar-refractivity contribution in [3.63, 3.8) is 0 Å². The fourth-order valence-corrected chi connectivity index (χ4v) is 3.47. The van der Waals surface area contributed by atoms with Gasteiger partial charge in [-0.1, -0.05) is 36.4 Å². The number of aromatic nitrogens is 4. The van der Waals surface area contributed by atoms with Gasteiger partial charge in [0.25, 0.3) is 0 Å². The zero-order chi connectivity index (χ0) is 20.8. The predicted molar refractivity (Wildman–Crippen MR) is 104 cm³/mol. The van der Waals surface area contributed by atoms with Gasteiger partial charge in [-0.25, -0.2) is 26.9 Å². The van der Waals surface area contributed by atoms with Crippen molar-refractivity contribution >= 4 is 26.7 Å². The highest BCUT2D eigenvalue weighted by Crippen LogP contribution is 2.33. The van der Waals surface area contributed by atoms with Gasteiger partial charge in [-0.3, -0.25) is 0 Å². The van der Waals surface area contributed by atoms with Crippen molar-refractivity contribution in [1.82, 2.24) is 19.7 Å². The summed E-state index contributed by atoms with van der Waals surface area (Å²) in [6, 6.07) is 12.8. The zero-order valence-corrected chi connectivity index (χ0v) is 16.0. The Hall–Kier alpha value is -3.40. The summed E-state index contributed by atoms with van der Waals surface area (Å²) in [5.74, 6) is -2.14. The molecule has 0 aliphatic carbocycles. The van der Waals surface area contributed by atoms with Crippen LogP contribution in [0.2, 0.25) is 0 Å². The van der Waals surface area contributed by atoms with Crippen LogP contribution in [0.4, 0.5) is 14.6 Å². The van der Waals surface area contributed by atoms with Crippen molar-refractivity contribution in [3.8, 4) is 11.3 Å². The van der Waals surface area contributed by atoms with Gasteiger partial charge in [0.05, 0.1) is 17.6 Å². The average Bonchev–Trinajstić information content (AvgIpc) is 2.99. The lowest BCUT2D eigenvalue weighted by atomic mass is 10.1. The molecule has 0 spiro atoms. The van der Waals surface area contributed by atoms with Gasteiger partial charge in [-0.05, 0) is 17.7 Å². The van der Waals surface area contributed by atoms with E-state index in [-0.39, 0.29) is 34.7 Å². The van der Waals surface area contributed by atoms with Gasteiger partial charge in [-0.15, -0.1) is 5.10 Å². The highest BCUT2D eigenvalue weighted by atomic mass is 32.2. The van der Waals surface area contributed by atoms with Crippen molar-refractivity contribution in [2.45, 2.75) is 11.7 Å². The molecule has 0 radical (unpaired) electrons. The predicted octanol–water partition coefficient (Wildman–Crippen LogP) is 2.81. The first-order valence-electron chi connectivity index (χ1n) is 8.48. The van der Waals surface area contributed by atoms with Crippen LogP contribution in [-0.4, -0.2) is 34.4 Å². The molecule has 0 amide bonds. The SMILES string of the molecule is CS(=O)(=O)c1nc(-c2cccc(F)c2F)c2c(N)n(Cc3ccccc3)nc2n1. The lowest BCUT2D eigenvalue weighted by molar-refractivity contribution is 0.511. The van der Waals surface area contributed by atoms with E-state index in [0.717, 1.165) is 17.9 Å². The molecule has 4 aromatic rings. The number of sulfone groups is 1. The van der Waals surface area contributed by atoms with E-state index in [0.29, 0.717) is 0 Å². The topological polar surface area (TPSA) is 104 Å². The Kier molecular flexibility index (Phi) is 4.50. The summed E-state index contributed by atoms with van der Waals surface area (Å²) in [5.41, 5.74) is 6.73. The second-order valence-corrected chi connectivity index (χ2v) is 8.36. The highest BCUT2D eigenvalue weighted by molar-refractivity contribution is 7.90. The summed E-state index contributed by atoms with van der Waals surface area (Å²) in [4.78, 5) is 7.97. The Balaban J connectivity index is 2.01. The van der Waals surface area contributed by atoms with Crippen LogP contribution in [0, 0.1) is 11.6 Å². The molecular weight excluding hydrogens is 400 g/mol. The Morgan fingerprint density at radius 3 is 2.45 bits per heavy atom. The summed E-state index contributed by atoms with van der Waals surface area (Å²) in [7, 11) is -3.84. The number of rotatable bonds is 4. The largest absolute Gasteiger partial charge is 0.383 e.